The van der Waals surface area contributed by atoms with Gasteiger partial charge in [-0.3, -0.25) is 0 Å². The third-order valence-corrected chi connectivity index (χ3v) is 8.32. The summed E-state index contributed by atoms with van der Waals surface area (Å²) < 4.78 is 4.28. The predicted octanol–water partition coefficient (Wildman–Crippen LogP) is 5.18. The van der Waals surface area contributed by atoms with Gasteiger partial charge in [-0.1, -0.05) is 23.9 Å². The highest BCUT2D eigenvalue weighted by atomic mass is 32.2. The highest BCUT2D eigenvalue weighted by Gasteiger charge is 2.15. The van der Waals surface area contributed by atoms with Crippen LogP contribution in [0.2, 0.25) is 0 Å². The van der Waals surface area contributed by atoms with Crippen LogP contribution in [-0.2, 0) is 12.8 Å². The predicted molar refractivity (Wildman–Crippen MR) is 116 cm³/mol. The fraction of sp³-hybridized carbons (Fsp3) is 0.167. The second kappa shape index (κ2) is 7.43. The van der Waals surface area contributed by atoms with E-state index in [-0.39, 0.29) is 0 Å². The van der Waals surface area contributed by atoms with Crippen LogP contribution in [0.4, 0.5) is 0 Å². The van der Waals surface area contributed by atoms with Crippen LogP contribution in [0.5, 0.6) is 0 Å². The van der Waals surface area contributed by atoms with E-state index >= 15 is 0 Å². The highest BCUT2D eigenvalue weighted by Crippen LogP contribution is 2.35. The van der Waals surface area contributed by atoms with Crippen LogP contribution in [0.25, 0.3) is 20.4 Å². The van der Waals surface area contributed by atoms with Crippen molar-refractivity contribution in [1.82, 2.24) is 29.7 Å². The Morgan fingerprint density at radius 1 is 1.11 bits per heavy atom. The number of hydrogen-bond donors (Lipinski definition) is 0. The van der Waals surface area contributed by atoms with Crippen LogP contribution >= 0.6 is 46.2 Å². The summed E-state index contributed by atoms with van der Waals surface area (Å²) in [7, 11) is 1.99. The van der Waals surface area contributed by atoms with Crippen molar-refractivity contribution in [3.63, 3.8) is 0 Å². The number of thiazole rings is 1. The molecule has 0 bridgehead atoms. The lowest BCUT2D eigenvalue weighted by atomic mass is 10.3. The van der Waals surface area contributed by atoms with E-state index in [0.717, 1.165) is 41.8 Å². The zero-order valence-corrected chi connectivity index (χ0v) is 18.3. The van der Waals surface area contributed by atoms with Crippen LogP contribution in [0.3, 0.4) is 0 Å². The lowest BCUT2D eigenvalue weighted by molar-refractivity contribution is 0.761. The van der Waals surface area contributed by atoms with Crippen LogP contribution in [0.15, 0.2) is 51.2 Å². The number of benzene rings is 1. The van der Waals surface area contributed by atoms with Crippen molar-refractivity contribution in [3.8, 4) is 0 Å². The summed E-state index contributed by atoms with van der Waals surface area (Å²) in [5.41, 5.74) is 1.04. The fourth-order valence-electron chi connectivity index (χ4n) is 2.72. The van der Waals surface area contributed by atoms with Crippen molar-refractivity contribution in [2.75, 3.05) is 0 Å². The van der Waals surface area contributed by atoms with Gasteiger partial charge in [0.15, 0.2) is 9.50 Å². The molecule has 4 aromatic heterocycles. The second-order valence-corrected chi connectivity index (χ2v) is 10.5. The van der Waals surface area contributed by atoms with Gasteiger partial charge in [0.1, 0.15) is 22.0 Å². The zero-order chi connectivity index (χ0) is 19.1. The number of rotatable bonds is 5. The van der Waals surface area contributed by atoms with Gasteiger partial charge in [0.25, 0.3) is 0 Å². The van der Waals surface area contributed by atoms with Gasteiger partial charge in [-0.2, -0.15) is 0 Å². The molecule has 0 fully saturated rings. The molecule has 140 valence electrons. The summed E-state index contributed by atoms with van der Waals surface area (Å²) in [5.74, 6) is 1.64. The van der Waals surface area contributed by atoms with E-state index in [2.05, 4.69) is 44.2 Å². The van der Waals surface area contributed by atoms with Crippen molar-refractivity contribution in [2.24, 2.45) is 7.05 Å². The van der Waals surface area contributed by atoms with Gasteiger partial charge >= 0.3 is 0 Å². The van der Waals surface area contributed by atoms with E-state index in [0.29, 0.717) is 0 Å². The van der Waals surface area contributed by atoms with E-state index in [1.807, 2.05) is 29.8 Å². The van der Waals surface area contributed by atoms with Crippen molar-refractivity contribution < 1.29 is 0 Å². The Morgan fingerprint density at radius 2 is 2.00 bits per heavy atom. The molecule has 0 saturated carbocycles. The topological polar surface area (TPSA) is 69.4 Å². The van der Waals surface area contributed by atoms with E-state index in [1.54, 1.807) is 40.8 Å². The number of thioether (sulfide) groups is 1. The minimum absolute atomic E-state index is 0.723. The van der Waals surface area contributed by atoms with E-state index in [1.165, 1.54) is 21.3 Å². The first-order valence-electron chi connectivity index (χ1n) is 8.43. The molecular weight excluding hydrogens is 429 g/mol. The number of nitrogens with zero attached hydrogens (tertiary/aromatic N) is 6. The lowest BCUT2D eigenvalue weighted by Crippen LogP contribution is -1.97. The molecule has 4 heterocycles. The van der Waals surface area contributed by atoms with E-state index in [4.69, 9.17) is 0 Å². The maximum Gasteiger partial charge on any atom is 0.197 e. The van der Waals surface area contributed by atoms with Gasteiger partial charge in [-0.15, -0.1) is 32.9 Å². The normalized spacial score (nSPS) is 11.6. The summed E-state index contributed by atoms with van der Waals surface area (Å²) in [6.45, 7) is 2.08. The third-order valence-electron chi connectivity index (χ3n) is 4.13. The van der Waals surface area contributed by atoms with Gasteiger partial charge < -0.3 is 4.57 Å². The molecule has 0 unspecified atom stereocenters. The lowest BCUT2D eigenvalue weighted by Gasteiger charge is -2.03. The Labute approximate surface area is 177 Å². The molecule has 0 aliphatic heterocycles. The molecule has 0 atom stereocenters. The SMILES string of the molecule is Cc1cc2c(Sc3nnc(CSc4nc5ccccc5s4)n3C)ncnc2s1. The summed E-state index contributed by atoms with van der Waals surface area (Å²) in [5, 5.41) is 11.5. The molecule has 0 radical (unpaired) electrons. The molecular formula is C18H14N6S4. The second-order valence-electron chi connectivity index (χ2n) is 6.05. The minimum Gasteiger partial charge on any atom is -0.308 e. The molecule has 5 aromatic rings. The van der Waals surface area contributed by atoms with E-state index in [9.17, 15) is 0 Å². The smallest absolute Gasteiger partial charge is 0.197 e. The largest absolute Gasteiger partial charge is 0.308 e. The van der Waals surface area contributed by atoms with Gasteiger partial charge in [0.2, 0.25) is 0 Å². The quantitative estimate of drug-likeness (QED) is 0.274. The Hall–Kier alpha value is -2.01. The zero-order valence-electron chi connectivity index (χ0n) is 15.0. The van der Waals surface area contributed by atoms with Crippen LogP contribution in [-0.4, -0.2) is 29.7 Å². The first kappa shape index (κ1) is 18.0. The van der Waals surface area contributed by atoms with Crippen molar-refractivity contribution in [3.05, 3.63) is 47.4 Å². The Kier molecular flexibility index (Phi) is 4.79. The van der Waals surface area contributed by atoms with Gasteiger partial charge in [0.05, 0.1) is 16.0 Å². The molecule has 0 saturated heterocycles. The van der Waals surface area contributed by atoms with Crippen LogP contribution < -0.4 is 0 Å². The number of fused-ring (bicyclic) bond motifs is 2. The van der Waals surface area contributed by atoms with Gasteiger partial charge in [-0.05, 0) is 36.9 Å². The average Bonchev–Trinajstić information content (AvgIpc) is 3.37. The van der Waals surface area contributed by atoms with Gasteiger partial charge in [0, 0.05) is 17.3 Å². The molecule has 0 aliphatic carbocycles. The van der Waals surface area contributed by atoms with E-state index < -0.39 is 0 Å². The molecule has 0 N–H and O–H groups in total. The van der Waals surface area contributed by atoms with Crippen molar-refractivity contribution >= 4 is 66.6 Å². The standard InChI is InChI=1S/C18H14N6S4/c1-10-7-11-15(26-10)19-9-20-16(11)28-17-23-22-14(24(17)2)8-25-18-21-12-5-3-4-6-13(12)27-18/h3-7,9H,8H2,1-2H3. The first-order chi connectivity index (χ1) is 13.7. The highest BCUT2D eigenvalue weighted by molar-refractivity contribution is 8.00. The van der Waals surface area contributed by atoms with Crippen LogP contribution in [0, 0.1) is 6.92 Å². The van der Waals surface area contributed by atoms with Gasteiger partial charge in [-0.25, -0.2) is 15.0 Å². The Bertz CT molecular complexity index is 1250. The molecule has 0 amide bonds. The summed E-state index contributed by atoms with van der Waals surface area (Å²) >= 11 is 6.60. The number of para-hydroxylation sites is 1. The number of aryl methyl sites for hydroxylation is 1. The Balaban J connectivity index is 1.35. The molecule has 0 spiro atoms. The first-order valence-corrected chi connectivity index (χ1v) is 11.9. The summed E-state index contributed by atoms with van der Waals surface area (Å²) in [6.07, 6.45) is 1.61. The van der Waals surface area contributed by atoms with Crippen LogP contribution in [0.1, 0.15) is 10.7 Å². The maximum absolute atomic E-state index is 4.67. The van der Waals surface area contributed by atoms with Crippen molar-refractivity contribution in [2.45, 2.75) is 27.2 Å². The number of hydrogen-bond acceptors (Lipinski definition) is 9. The maximum atomic E-state index is 4.67. The summed E-state index contributed by atoms with van der Waals surface area (Å²) in [4.78, 5) is 15.7. The number of aromatic nitrogens is 6. The molecule has 5 rings (SSSR count). The minimum atomic E-state index is 0.723. The van der Waals surface area contributed by atoms with Crippen molar-refractivity contribution in [1.29, 1.82) is 0 Å². The molecule has 10 heteroatoms. The fourth-order valence-corrected chi connectivity index (χ4v) is 6.54. The molecule has 0 aliphatic rings. The molecule has 6 nitrogen and oxygen atoms in total. The molecule has 1 aromatic carbocycles. The Morgan fingerprint density at radius 3 is 2.89 bits per heavy atom. The monoisotopic (exact) mass is 442 g/mol. The third kappa shape index (κ3) is 3.41. The average molecular weight is 443 g/mol. The molecule has 28 heavy (non-hydrogen) atoms. The number of thiophene rings is 1. The summed E-state index contributed by atoms with van der Waals surface area (Å²) in [6, 6.07) is 10.3.